The number of carbonyl (C=O) groups excluding carboxylic acids is 1. The second kappa shape index (κ2) is 10.0. The van der Waals surface area contributed by atoms with E-state index < -0.39 is 28.3 Å². The van der Waals surface area contributed by atoms with Gasteiger partial charge >= 0.3 is 0 Å². The summed E-state index contributed by atoms with van der Waals surface area (Å²) in [7, 11) is -3.82. The van der Waals surface area contributed by atoms with Gasteiger partial charge in [-0.3, -0.25) is 14.0 Å². The smallest absolute Gasteiger partial charge is 0.241 e. The zero-order valence-corrected chi connectivity index (χ0v) is 18.0. The summed E-state index contributed by atoms with van der Waals surface area (Å²) >= 11 is 0. The van der Waals surface area contributed by atoms with Gasteiger partial charge in [0, 0.05) is 13.1 Å². The second-order valence-corrected chi connectivity index (χ2v) is 9.51. The Morgan fingerprint density at radius 2 is 1.67 bits per heavy atom. The van der Waals surface area contributed by atoms with Crippen molar-refractivity contribution in [1.29, 1.82) is 0 Å². The highest BCUT2D eigenvalue weighted by atomic mass is 32.2. The zero-order valence-electron chi connectivity index (χ0n) is 17.2. The minimum absolute atomic E-state index is 0.138. The monoisotopic (exact) mass is 433 g/mol. The van der Waals surface area contributed by atoms with Gasteiger partial charge in [0.05, 0.1) is 11.9 Å². The number of sulfonamides is 1. The number of nitrogens with zero attached hydrogens (tertiary/aromatic N) is 2. The van der Waals surface area contributed by atoms with Crippen LogP contribution in [0.15, 0.2) is 48.5 Å². The maximum absolute atomic E-state index is 14.1. The molecule has 0 aromatic heterocycles. The molecule has 2 aromatic carbocycles. The Labute approximate surface area is 177 Å². The Morgan fingerprint density at radius 1 is 1.03 bits per heavy atom. The predicted octanol–water partition coefficient (Wildman–Crippen LogP) is 2.89. The molecule has 1 heterocycles. The first-order valence-corrected chi connectivity index (χ1v) is 12.0. The quantitative estimate of drug-likeness (QED) is 0.695. The lowest BCUT2D eigenvalue weighted by Crippen LogP contribution is -2.40. The number of likely N-dealkylation sites (tertiary alicyclic amines) is 1. The molecule has 1 saturated heterocycles. The molecule has 0 bridgehead atoms. The standard InChI is InChI=1S/C22H28FN3O3S/c1-30(28,29)26(21-12-6-5-11-20(21)23)17-22(27)24-15-18-9-3-4-10-19(18)16-25-13-7-2-8-14-25/h3-6,9-12H,2,7-8,13-17H2,1H3,(H,24,27). The Bertz CT molecular complexity index is 975. The van der Waals surface area contributed by atoms with E-state index in [1.54, 1.807) is 0 Å². The predicted molar refractivity (Wildman–Crippen MR) is 116 cm³/mol. The lowest BCUT2D eigenvalue weighted by molar-refractivity contribution is -0.119. The third-order valence-electron chi connectivity index (χ3n) is 5.25. The van der Waals surface area contributed by atoms with Gasteiger partial charge in [-0.05, 0) is 49.2 Å². The van der Waals surface area contributed by atoms with E-state index in [9.17, 15) is 17.6 Å². The average molecular weight is 434 g/mol. The van der Waals surface area contributed by atoms with Crippen LogP contribution in [0, 0.1) is 5.82 Å². The highest BCUT2D eigenvalue weighted by Gasteiger charge is 2.23. The Balaban J connectivity index is 1.66. The van der Waals surface area contributed by atoms with Gasteiger partial charge < -0.3 is 5.32 Å². The molecule has 1 aliphatic heterocycles. The number of hydrogen-bond donors (Lipinski definition) is 1. The van der Waals surface area contributed by atoms with Crippen molar-refractivity contribution < 1.29 is 17.6 Å². The van der Waals surface area contributed by atoms with E-state index in [0.717, 1.165) is 41.3 Å². The normalized spacial score (nSPS) is 15.0. The molecule has 0 radical (unpaired) electrons. The SMILES string of the molecule is CS(=O)(=O)N(CC(=O)NCc1ccccc1CN1CCCCC1)c1ccccc1F. The third kappa shape index (κ3) is 6.03. The Kier molecular flexibility index (Phi) is 7.44. The van der Waals surface area contributed by atoms with Crippen LogP contribution in [-0.4, -0.2) is 45.1 Å². The average Bonchev–Trinajstić information content (AvgIpc) is 2.72. The molecular weight excluding hydrogens is 405 g/mol. The molecule has 0 atom stereocenters. The lowest BCUT2D eigenvalue weighted by atomic mass is 10.0. The Morgan fingerprint density at radius 3 is 2.33 bits per heavy atom. The van der Waals surface area contributed by atoms with E-state index >= 15 is 0 Å². The molecule has 0 aliphatic carbocycles. The highest BCUT2D eigenvalue weighted by Crippen LogP contribution is 2.21. The van der Waals surface area contributed by atoms with Crippen LogP contribution in [0.25, 0.3) is 0 Å². The summed E-state index contributed by atoms with van der Waals surface area (Å²) in [6, 6.07) is 13.4. The van der Waals surface area contributed by atoms with Crippen LogP contribution in [0.2, 0.25) is 0 Å². The van der Waals surface area contributed by atoms with Gasteiger partial charge in [-0.2, -0.15) is 0 Å². The third-order valence-corrected chi connectivity index (χ3v) is 6.37. The first-order valence-electron chi connectivity index (χ1n) is 10.1. The molecule has 162 valence electrons. The molecule has 1 amide bonds. The minimum Gasteiger partial charge on any atom is -0.350 e. The number of benzene rings is 2. The number of anilines is 1. The number of amides is 1. The van der Waals surface area contributed by atoms with Crippen LogP contribution in [0.4, 0.5) is 10.1 Å². The van der Waals surface area contributed by atoms with Gasteiger partial charge in [-0.15, -0.1) is 0 Å². The number of carbonyl (C=O) groups is 1. The molecule has 0 spiro atoms. The summed E-state index contributed by atoms with van der Waals surface area (Å²) in [5.41, 5.74) is 2.00. The summed E-state index contributed by atoms with van der Waals surface area (Å²) in [4.78, 5) is 14.9. The van der Waals surface area contributed by atoms with Crippen molar-refractivity contribution in [2.24, 2.45) is 0 Å². The van der Waals surface area contributed by atoms with Crippen molar-refractivity contribution in [3.63, 3.8) is 0 Å². The van der Waals surface area contributed by atoms with Crippen molar-refractivity contribution in [1.82, 2.24) is 10.2 Å². The van der Waals surface area contributed by atoms with Crippen molar-refractivity contribution in [2.45, 2.75) is 32.4 Å². The maximum Gasteiger partial charge on any atom is 0.241 e. The second-order valence-electron chi connectivity index (χ2n) is 7.60. The van der Waals surface area contributed by atoms with Gasteiger partial charge in [-0.1, -0.05) is 42.8 Å². The van der Waals surface area contributed by atoms with Crippen LogP contribution in [0.1, 0.15) is 30.4 Å². The fourth-order valence-electron chi connectivity index (χ4n) is 3.66. The van der Waals surface area contributed by atoms with Crippen molar-refractivity contribution in [2.75, 3.05) is 30.2 Å². The van der Waals surface area contributed by atoms with E-state index in [4.69, 9.17) is 0 Å². The largest absolute Gasteiger partial charge is 0.350 e. The van der Waals surface area contributed by atoms with E-state index in [2.05, 4.69) is 16.3 Å². The van der Waals surface area contributed by atoms with Crippen LogP contribution < -0.4 is 9.62 Å². The van der Waals surface area contributed by atoms with Gasteiger partial charge in [0.1, 0.15) is 12.4 Å². The summed E-state index contributed by atoms with van der Waals surface area (Å²) < 4.78 is 39.2. The lowest BCUT2D eigenvalue weighted by Gasteiger charge is -2.27. The fraction of sp³-hybridized carbons (Fsp3) is 0.409. The first kappa shape index (κ1) is 22.2. The topological polar surface area (TPSA) is 69.7 Å². The Hall–Kier alpha value is -2.45. The number of halogens is 1. The molecule has 8 heteroatoms. The number of para-hydroxylation sites is 1. The molecule has 0 unspecified atom stereocenters. The van der Waals surface area contributed by atoms with Gasteiger partial charge in [-0.25, -0.2) is 12.8 Å². The fourth-order valence-corrected chi connectivity index (χ4v) is 4.51. The zero-order chi connectivity index (χ0) is 21.6. The number of rotatable bonds is 8. The molecule has 1 fully saturated rings. The van der Waals surface area contributed by atoms with Gasteiger partial charge in [0.2, 0.25) is 15.9 Å². The van der Waals surface area contributed by atoms with E-state index in [-0.39, 0.29) is 12.2 Å². The van der Waals surface area contributed by atoms with Crippen LogP contribution >= 0.6 is 0 Å². The summed E-state index contributed by atoms with van der Waals surface area (Å²) in [6.07, 6.45) is 4.64. The summed E-state index contributed by atoms with van der Waals surface area (Å²) in [6.45, 7) is 2.79. The number of nitrogens with one attached hydrogen (secondary N) is 1. The molecule has 2 aromatic rings. The highest BCUT2D eigenvalue weighted by molar-refractivity contribution is 7.92. The number of hydrogen-bond acceptors (Lipinski definition) is 4. The molecule has 6 nitrogen and oxygen atoms in total. The minimum atomic E-state index is -3.82. The van der Waals surface area contributed by atoms with E-state index in [0.29, 0.717) is 0 Å². The van der Waals surface area contributed by atoms with Gasteiger partial charge in [0.25, 0.3) is 0 Å². The van der Waals surface area contributed by atoms with Crippen LogP contribution in [-0.2, 0) is 27.9 Å². The maximum atomic E-state index is 14.1. The summed E-state index contributed by atoms with van der Waals surface area (Å²) in [5.74, 6) is -1.18. The van der Waals surface area contributed by atoms with Crippen LogP contribution in [0.5, 0.6) is 0 Å². The van der Waals surface area contributed by atoms with Gasteiger partial charge in [0.15, 0.2) is 0 Å². The molecule has 1 aliphatic rings. The van der Waals surface area contributed by atoms with Crippen molar-refractivity contribution >= 4 is 21.6 Å². The van der Waals surface area contributed by atoms with E-state index in [1.165, 1.54) is 43.5 Å². The molecule has 0 saturated carbocycles. The molecule has 3 rings (SSSR count). The van der Waals surface area contributed by atoms with Crippen molar-refractivity contribution in [3.05, 3.63) is 65.5 Å². The van der Waals surface area contributed by atoms with E-state index in [1.807, 2.05) is 18.2 Å². The first-order chi connectivity index (χ1) is 14.3. The van der Waals surface area contributed by atoms with Crippen molar-refractivity contribution in [3.8, 4) is 0 Å². The summed E-state index contributed by atoms with van der Waals surface area (Å²) in [5, 5.41) is 2.78. The number of piperidine rings is 1. The molecular formula is C22H28FN3O3S. The molecule has 1 N–H and O–H groups in total. The molecule has 30 heavy (non-hydrogen) atoms. The van der Waals surface area contributed by atoms with Crippen LogP contribution in [0.3, 0.4) is 0 Å².